The van der Waals surface area contributed by atoms with Gasteiger partial charge in [-0.3, -0.25) is 9.59 Å². The van der Waals surface area contributed by atoms with E-state index in [2.05, 4.69) is 11.9 Å². The second-order valence-electron chi connectivity index (χ2n) is 7.81. The number of hydrogen-bond donors (Lipinski definition) is 0. The molecule has 3 aliphatic rings. The molecule has 0 radical (unpaired) electrons. The fraction of sp³-hybridized carbons (Fsp3) is 0.650. The van der Waals surface area contributed by atoms with Crippen molar-refractivity contribution in [2.75, 3.05) is 39.4 Å². The largest absolute Gasteiger partial charge is 0.347 e. The zero-order valence-corrected chi connectivity index (χ0v) is 15.9. The Labute approximate surface area is 159 Å². The van der Waals surface area contributed by atoms with Gasteiger partial charge in [-0.15, -0.1) is 0 Å². The molecule has 4 heterocycles. The molecule has 0 aromatic carbocycles. The summed E-state index contributed by atoms with van der Waals surface area (Å²) in [5.74, 6) is -0.216. The Bertz CT molecular complexity index is 707. The molecule has 7 nitrogen and oxygen atoms in total. The van der Waals surface area contributed by atoms with Crippen LogP contribution in [0.2, 0.25) is 0 Å². The standard InChI is InChI=1S/C20H27N3O4/c1-15-4-3-9-23(14-15)19(25)17-6-2-5-16(21-17)18(24)22-10-7-20(8-11-22)26-12-13-27-20/h2,5-6,15H,3-4,7-14H2,1H3. The molecule has 4 rings (SSSR count). The SMILES string of the molecule is CC1CCCN(C(=O)c2cccc(C(=O)N3CCC4(CC3)OCCO4)n2)C1. The van der Waals surface area contributed by atoms with Gasteiger partial charge < -0.3 is 19.3 Å². The third kappa shape index (κ3) is 3.84. The molecule has 3 aliphatic heterocycles. The normalized spacial score (nSPS) is 25.0. The van der Waals surface area contributed by atoms with E-state index in [1.54, 1.807) is 23.1 Å². The number of carbonyl (C=O) groups is 2. The summed E-state index contributed by atoms with van der Waals surface area (Å²) in [6.07, 6.45) is 3.51. The van der Waals surface area contributed by atoms with Gasteiger partial charge in [0.05, 0.1) is 13.2 Å². The van der Waals surface area contributed by atoms with Crippen molar-refractivity contribution in [2.45, 2.75) is 38.4 Å². The number of likely N-dealkylation sites (tertiary alicyclic amines) is 2. The third-order valence-electron chi connectivity index (χ3n) is 5.76. The van der Waals surface area contributed by atoms with Gasteiger partial charge in [-0.1, -0.05) is 13.0 Å². The molecule has 0 N–H and O–H groups in total. The van der Waals surface area contributed by atoms with Gasteiger partial charge in [0.15, 0.2) is 5.79 Å². The first-order chi connectivity index (χ1) is 13.1. The number of amides is 2. The molecular weight excluding hydrogens is 346 g/mol. The summed E-state index contributed by atoms with van der Waals surface area (Å²) in [6, 6.07) is 5.13. The van der Waals surface area contributed by atoms with Crippen LogP contribution >= 0.6 is 0 Å². The molecule has 27 heavy (non-hydrogen) atoms. The van der Waals surface area contributed by atoms with Gasteiger partial charge in [0.1, 0.15) is 11.4 Å². The van der Waals surface area contributed by atoms with Crippen LogP contribution in [0.5, 0.6) is 0 Å². The van der Waals surface area contributed by atoms with Crippen LogP contribution in [0.4, 0.5) is 0 Å². The quantitative estimate of drug-likeness (QED) is 0.792. The van der Waals surface area contributed by atoms with Gasteiger partial charge in [0.2, 0.25) is 0 Å². The van der Waals surface area contributed by atoms with E-state index >= 15 is 0 Å². The van der Waals surface area contributed by atoms with E-state index in [9.17, 15) is 9.59 Å². The molecule has 2 amide bonds. The zero-order chi connectivity index (χ0) is 18.9. The fourth-order valence-electron chi connectivity index (χ4n) is 4.21. The molecule has 1 aromatic rings. The number of nitrogens with zero attached hydrogens (tertiary/aromatic N) is 3. The number of rotatable bonds is 2. The number of hydrogen-bond acceptors (Lipinski definition) is 5. The Hall–Kier alpha value is -1.99. The number of ether oxygens (including phenoxy) is 2. The molecule has 1 aromatic heterocycles. The maximum absolute atomic E-state index is 12.9. The Morgan fingerprint density at radius 1 is 1.04 bits per heavy atom. The summed E-state index contributed by atoms with van der Waals surface area (Å²) in [5, 5.41) is 0. The van der Waals surface area contributed by atoms with Crippen LogP contribution < -0.4 is 0 Å². The van der Waals surface area contributed by atoms with Crippen molar-refractivity contribution in [3.05, 3.63) is 29.6 Å². The van der Waals surface area contributed by atoms with E-state index in [-0.39, 0.29) is 11.8 Å². The van der Waals surface area contributed by atoms with Crippen molar-refractivity contribution in [3.63, 3.8) is 0 Å². The monoisotopic (exact) mass is 373 g/mol. The highest BCUT2D eigenvalue weighted by molar-refractivity contribution is 5.96. The highest BCUT2D eigenvalue weighted by atomic mass is 16.7. The zero-order valence-electron chi connectivity index (χ0n) is 15.9. The summed E-state index contributed by atoms with van der Waals surface area (Å²) in [6.45, 7) is 6.06. The lowest BCUT2D eigenvalue weighted by atomic mass is 10.00. The van der Waals surface area contributed by atoms with Crippen molar-refractivity contribution in [1.82, 2.24) is 14.8 Å². The predicted molar refractivity (Wildman–Crippen MR) is 98.3 cm³/mol. The summed E-state index contributed by atoms with van der Waals surface area (Å²) < 4.78 is 11.4. The maximum Gasteiger partial charge on any atom is 0.272 e. The summed E-state index contributed by atoms with van der Waals surface area (Å²) in [7, 11) is 0. The first-order valence-corrected chi connectivity index (χ1v) is 9.90. The molecule has 1 unspecified atom stereocenters. The summed E-state index contributed by atoms with van der Waals surface area (Å²) in [5.41, 5.74) is 0.681. The molecule has 146 valence electrons. The van der Waals surface area contributed by atoms with Gasteiger partial charge in [0.25, 0.3) is 11.8 Å². The van der Waals surface area contributed by atoms with Crippen molar-refractivity contribution in [1.29, 1.82) is 0 Å². The maximum atomic E-state index is 12.9. The van der Waals surface area contributed by atoms with E-state index in [1.165, 1.54) is 0 Å². The minimum atomic E-state index is -0.507. The minimum Gasteiger partial charge on any atom is -0.347 e. The molecule has 1 spiro atoms. The van der Waals surface area contributed by atoms with Crippen LogP contribution in [0.25, 0.3) is 0 Å². The first kappa shape index (κ1) is 18.4. The molecule has 0 aliphatic carbocycles. The Kier molecular flexibility index (Phi) is 5.14. The number of pyridine rings is 1. The lowest BCUT2D eigenvalue weighted by Crippen LogP contribution is -2.47. The lowest BCUT2D eigenvalue weighted by Gasteiger charge is -2.37. The van der Waals surface area contributed by atoms with Gasteiger partial charge in [-0.05, 0) is 30.9 Å². The van der Waals surface area contributed by atoms with Crippen molar-refractivity contribution < 1.29 is 19.1 Å². The van der Waals surface area contributed by atoms with Crippen LogP contribution in [0.1, 0.15) is 53.6 Å². The smallest absolute Gasteiger partial charge is 0.272 e. The molecule has 0 bridgehead atoms. The molecule has 3 fully saturated rings. The van der Waals surface area contributed by atoms with E-state index in [1.807, 2.05) is 4.90 Å². The van der Waals surface area contributed by atoms with Crippen LogP contribution in [0, 0.1) is 5.92 Å². The number of carbonyl (C=O) groups excluding carboxylic acids is 2. The summed E-state index contributed by atoms with van der Waals surface area (Å²) in [4.78, 5) is 33.7. The second-order valence-corrected chi connectivity index (χ2v) is 7.81. The van der Waals surface area contributed by atoms with E-state index in [0.29, 0.717) is 56.5 Å². The highest BCUT2D eigenvalue weighted by Gasteiger charge is 2.41. The van der Waals surface area contributed by atoms with Gasteiger partial charge in [0, 0.05) is 39.0 Å². The van der Waals surface area contributed by atoms with E-state index in [0.717, 1.165) is 25.9 Å². The summed E-state index contributed by atoms with van der Waals surface area (Å²) >= 11 is 0. The van der Waals surface area contributed by atoms with Crippen molar-refractivity contribution >= 4 is 11.8 Å². The van der Waals surface area contributed by atoms with Crippen LogP contribution in [0.3, 0.4) is 0 Å². The van der Waals surface area contributed by atoms with Crippen LogP contribution in [-0.2, 0) is 9.47 Å². The Morgan fingerprint density at radius 3 is 2.30 bits per heavy atom. The fourth-order valence-corrected chi connectivity index (χ4v) is 4.21. The van der Waals surface area contributed by atoms with E-state index < -0.39 is 5.79 Å². The van der Waals surface area contributed by atoms with Crippen LogP contribution in [0.15, 0.2) is 18.2 Å². The molecule has 0 saturated carbocycles. The van der Waals surface area contributed by atoms with Crippen LogP contribution in [-0.4, -0.2) is 71.8 Å². The minimum absolute atomic E-state index is 0.0819. The van der Waals surface area contributed by atoms with Crippen molar-refractivity contribution in [3.8, 4) is 0 Å². The molecular formula is C20H27N3O4. The third-order valence-corrected chi connectivity index (χ3v) is 5.76. The van der Waals surface area contributed by atoms with Gasteiger partial charge in [-0.25, -0.2) is 4.98 Å². The lowest BCUT2D eigenvalue weighted by molar-refractivity contribution is -0.181. The average Bonchev–Trinajstić information content (AvgIpc) is 3.15. The van der Waals surface area contributed by atoms with Gasteiger partial charge >= 0.3 is 0 Å². The van der Waals surface area contributed by atoms with E-state index in [4.69, 9.17) is 9.47 Å². The molecule has 3 saturated heterocycles. The highest BCUT2D eigenvalue weighted by Crippen LogP contribution is 2.31. The second kappa shape index (κ2) is 7.56. The predicted octanol–water partition coefficient (Wildman–Crippen LogP) is 1.93. The van der Waals surface area contributed by atoms with Gasteiger partial charge in [-0.2, -0.15) is 0 Å². The first-order valence-electron chi connectivity index (χ1n) is 9.90. The Balaban J connectivity index is 1.42. The number of piperidine rings is 2. The Morgan fingerprint density at radius 2 is 1.67 bits per heavy atom. The molecule has 7 heteroatoms. The number of aromatic nitrogens is 1. The topological polar surface area (TPSA) is 72.0 Å². The average molecular weight is 373 g/mol. The van der Waals surface area contributed by atoms with Crippen molar-refractivity contribution in [2.24, 2.45) is 5.92 Å². The molecule has 1 atom stereocenters.